The molecule has 0 saturated carbocycles. The molecule has 2 aromatic rings. The van der Waals surface area contributed by atoms with Crippen LogP contribution in [0.4, 0.5) is 4.79 Å². The number of hydrogen-bond donors (Lipinski definition) is 1. The van der Waals surface area contributed by atoms with Crippen molar-refractivity contribution < 1.29 is 9.53 Å². The summed E-state index contributed by atoms with van der Waals surface area (Å²) in [6.07, 6.45) is 1.06. The van der Waals surface area contributed by atoms with Gasteiger partial charge in [-0.1, -0.05) is 42.5 Å². The molecule has 0 radical (unpaired) electrons. The summed E-state index contributed by atoms with van der Waals surface area (Å²) < 4.78 is 4.70. The van der Waals surface area contributed by atoms with Gasteiger partial charge in [-0.2, -0.15) is 5.10 Å². The second kappa shape index (κ2) is 5.82. The van der Waals surface area contributed by atoms with Gasteiger partial charge in [0.1, 0.15) is 0 Å². The molecule has 4 nitrogen and oxygen atoms in total. The van der Waals surface area contributed by atoms with Crippen molar-refractivity contribution >= 4 is 23.1 Å². The number of carbonyl (C=O) groups is 1. The highest BCUT2D eigenvalue weighted by Crippen LogP contribution is 2.16. The molecular formula is C14H14N2O2. The summed E-state index contributed by atoms with van der Waals surface area (Å²) >= 11 is 0. The average molecular weight is 242 g/mol. The highest BCUT2D eigenvalue weighted by atomic mass is 16.5. The van der Waals surface area contributed by atoms with Gasteiger partial charge in [-0.15, -0.1) is 0 Å². The van der Waals surface area contributed by atoms with Crippen LogP contribution >= 0.6 is 0 Å². The number of rotatable bonds is 3. The molecule has 2 rings (SSSR count). The van der Waals surface area contributed by atoms with Crippen LogP contribution < -0.4 is 5.43 Å². The molecule has 0 aliphatic heterocycles. The summed E-state index contributed by atoms with van der Waals surface area (Å²) in [5.74, 6) is 0. The van der Waals surface area contributed by atoms with Crippen LogP contribution in [0.3, 0.4) is 0 Å². The molecule has 0 aromatic heterocycles. The zero-order valence-electron chi connectivity index (χ0n) is 10.1. The molecule has 0 heterocycles. The fourth-order valence-electron chi connectivity index (χ4n) is 1.68. The number of nitrogens with one attached hydrogen (secondary N) is 1. The Morgan fingerprint density at radius 3 is 2.89 bits per heavy atom. The van der Waals surface area contributed by atoms with Crippen molar-refractivity contribution in [1.29, 1.82) is 0 Å². The van der Waals surface area contributed by atoms with E-state index < -0.39 is 6.09 Å². The third kappa shape index (κ3) is 2.85. The van der Waals surface area contributed by atoms with E-state index in [0.29, 0.717) is 6.61 Å². The van der Waals surface area contributed by atoms with Crippen molar-refractivity contribution in [2.75, 3.05) is 6.61 Å². The third-order valence-corrected chi connectivity index (χ3v) is 2.46. The molecule has 1 amide bonds. The highest BCUT2D eigenvalue weighted by molar-refractivity contribution is 5.99. The number of amides is 1. The predicted molar refractivity (Wildman–Crippen MR) is 71.7 cm³/mol. The second-order valence-electron chi connectivity index (χ2n) is 3.66. The van der Waals surface area contributed by atoms with Crippen LogP contribution in [-0.2, 0) is 4.74 Å². The number of nitrogens with zero attached hydrogens (tertiary/aromatic N) is 1. The molecule has 0 bridgehead atoms. The van der Waals surface area contributed by atoms with E-state index in [9.17, 15) is 4.79 Å². The zero-order chi connectivity index (χ0) is 12.8. The van der Waals surface area contributed by atoms with E-state index in [1.54, 1.807) is 13.1 Å². The molecule has 0 aliphatic carbocycles. The largest absolute Gasteiger partial charge is 0.449 e. The van der Waals surface area contributed by atoms with Crippen molar-refractivity contribution in [2.24, 2.45) is 5.10 Å². The number of ether oxygens (including phenoxy) is 1. The highest BCUT2D eigenvalue weighted by Gasteiger charge is 1.98. The van der Waals surface area contributed by atoms with Gasteiger partial charge in [0.25, 0.3) is 0 Å². The summed E-state index contributed by atoms with van der Waals surface area (Å²) in [7, 11) is 0. The number of fused-ring (bicyclic) bond motifs is 1. The Morgan fingerprint density at radius 1 is 1.28 bits per heavy atom. The van der Waals surface area contributed by atoms with Gasteiger partial charge in [0.15, 0.2) is 0 Å². The molecular weight excluding hydrogens is 228 g/mol. The molecule has 0 fully saturated rings. The normalized spacial score (nSPS) is 10.7. The lowest BCUT2D eigenvalue weighted by Crippen LogP contribution is -2.18. The minimum Gasteiger partial charge on any atom is -0.449 e. The van der Waals surface area contributed by atoms with Crippen LogP contribution in [0.5, 0.6) is 0 Å². The first-order chi connectivity index (χ1) is 8.81. The van der Waals surface area contributed by atoms with Crippen LogP contribution in [-0.4, -0.2) is 18.9 Å². The molecule has 92 valence electrons. The summed E-state index contributed by atoms with van der Waals surface area (Å²) in [5.41, 5.74) is 3.25. The lowest BCUT2D eigenvalue weighted by atomic mass is 10.1. The number of hydrazone groups is 1. The van der Waals surface area contributed by atoms with Gasteiger partial charge in [-0.3, -0.25) is 0 Å². The minimum absolute atomic E-state index is 0.329. The monoisotopic (exact) mass is 242 g/mol. The van der Waals surface area contributed by atoms with Crippen molar-refractivity contribution in [3.05, 3.63) is 48.0 Å². The first-order valence-corrected chi connectivity index (χ1v) is 5.75. The second-order valence-corrected chi connectivity index (χ2v) is 3.66. The quantitative estimate of drug-likeness (QED) is 0.664. The van der Waals surface area contributed by atoms with Crippen LogP contribution in [0.15, 0.2) is 47.6 Å². The summed E-state index contributed by atoms with van der Waals surface area (Å²) in [6.45, 7) is 2.07. The van der Waals surface area contributed by atoms with Crippen molar-refractivity contribution in [3.8, 4) is 0 Å². The Hall–Kier alpha value is -2.36. The van der Waals surface area contributed by atoms with E-state index >= 15 is 0 Å². The summed E-state index contributed by atoms with van der Waals surface area (Å²) in [5, 5.41) is 6.09. The topological polar surface area (TPSA) is 50.7 Å². The molecule has 0 aliphatic rings. The van der Waals surface area contributed by atoms with Gasteiger partial charge in [-0.25, -0.2) is 10.2 Å². The van der Waals surface area contributed by atoms with Crippen LogP contribution in [0.25, 0.3) is 10.8 Å². The van der Waals surface area contributed by atoms with E-state index in [2.05, 4.69) is 10.5 Å². The van der Waals surface area contributed by atoms with Gasteiger partial charge in [-0.05, 0) is 17.7 Å². The van der Waals surface area contributed by atoms with E-state index in [4.69, 9.17) is 4.74 Å². The molecule has 0 unspecified atom stereocenters. The maximum Gasteiger partial charge on any atom is 0.427 e. The van der Waals surface area contributed by atoms with E-state index in [0.717, 1.165) is 16.3 Å². The predicted octanol–water partition coefficient (Wildman–Crippen LogP) is 2.92. The zero-order valence-corrected chi connectivity index (χ0v) is 10.1. The molecule has 0 spiro atoms. The smallest absolute Gasteiger partial charge is 0.427 e. The van der Waals surface area contributed by atoms with Crippen LogP contribution in [0, 0.1) is 0 Å². The van der Waals surface area contributed by atoms with Gasteiger partial charge in [0.2, 0.25) is 0 Å². The van der Waals surface area contributed by atoms with Crippen LogP contribution in [0.1, 0.15) is 12.5 Å². The lowest BCUT2D eigenvalue weighted by Gasteiger charge is -2.02. The first kappa shape index (κ1) is 12.1. The van der Waals surface area contributed by atoms with Gasteiger partial charge in [0.05, 0.1) is 12.8 Å². The Balaban J connectivity index is 2.16. The number of carbonyl (C=O) groups excluding carboxylic acids is 1. The molecule has 0 saturated heterocycles. The molecule has 2 aromatic carbocycles. The standard InChI is InChI=1S/C14H14N2O2/c1-2-18-14(17)16-15-10-12-8-5-7-11-6-3-4-9-13(11)12/h3-10H,2H2,1H3,(H,16,17). The Morgan fingerprint density at radius 2 is 2.06 bits per heavy atom. The molecule has 4 heteroatoms. The number of hydrogen-bond acceptors (Lipinski definition) is 3. The third-order valence-electron chi connectivity index (χ3n) is 2.46. The summed E-state index contributed by atoms with van der Waals surface area (Å²) in [6, 6.07) is 13.9. The Kier molecular flexibility index (Phi) is 3.91. The lowest BCUT2D eigenvalue weighted by molar-refractivity contribution is 0.152. The maximum atomic E-state index is 11.0. The molecule has 0 atom stereocenters. The van der Waals surface area contributed by atoms with Crippen molar-refractivity contribution in [1.82, 2.24) is 5.43 Å². The van der Waals surface area contributed by atoms with Gasteiger partial charge < -0.3 is 4.74 Å². The van der Waals surface area contributed by atoms with Gasteiger partial charge in [0, 0.05) is 5.56 Å². The number of benzene rings is 2. The minimum atomic E-state index is -0.547. The van der Waals surface area contributed by atoms with E-state index in [1.165, 1.54) is 0 Å². The van der Waals surface area contributed by atoms with Crippen molar-refractivity contribution in [3.63, 3.8) is 0 Å². The molecule has 18 heavy (non-hydrogen) atoms. The molecule has 1 N–H and O–H groups in total. The SMILES string of the molecule is CCOC(=O)NN=Cc1cccc2ccccc12. The summed E-state index contributed by atoms with van der Waals surface area (Å²) in [4.78, 5) is 11.0. The van der Waals surface area contributed by atoms with Crippen LogP contribution in [0.2, 0.25) is 0 Å². The van der Waals surface area contributed by atoms with E-state index in [1.807, 2.05) is 42.5 Å². The first-order valence-electron chi connectivity index (χ1n) is 5.75. The van der Waals surface area contributed by atoms with E-state index in [-0.39, 0.29) is 0 Å². The Labute approximate surface area is 105 Å². The maximum absolute atomic E-state index is 11.0. The average Bonchev–Trinajstić information content (AvgIpc) is 2.39. The Bertz CT molecular complexity index is 574. The van der Waals surface area contributed by atoms with Gasteiger partial charge >= 0.3 is 6.09 Å². The fraction of sp³-hybridized carbons (Fsp3) is 0.143. The fourth-order valence-corrected chi connectivity index (χ4v) is 1.68. The van der Waals surface area contributed by atoms with Crippen molar-refractivity contribution in [2.45, 2.75) is 6.92 Å².